The first-order valence-electron chi connectivity index (χ1n) is 5.94. The normalized spacial score (nSPS) is 24.1. The van der Waals surface area contributed by atoms with Crippen LogP contribution in [0.25, 0.3) is 0 Å². The lowest BCUT2D eigenvalue weighted by molar-refractivity contribution is -0.143. The highest BCUT2D eigenvalue weighted by Crippen LogP contribution is 2.42. The molecule has 15 heavy (non-hydrogen) atoms. The topological polar surface area (TPSA) is 26.3 Å². The smallest absolute Gasteiger partial charge is 0.306 e. The van der Waals surface area contributed by atoms with E-state index in [9.17, 15) is 4.79 Å². The molecule has 0 N–H and O–H groups in total. The molecule has 0 amide bonds. The molecule has 4 heteroatoms. The van der Waals surface area contributed by atoms with Crippen LogP contribution in [-0.2, 0) is 9.53 Å². The Morgan fingerprint density at radius 1 is 1.20 bits per heavy atom. The van der Waals surface area contributed by atoms with Crippen molar-refractivity contribution in [2.45, 2.75) is 51.6 Å². The van der Waals surface area contributed by atoms with E-state index in [1.807, 2.05) is 6.92 Å². The van der Waals surface area contributed by atoms with Crippen LogP contribution >= 0.6 is 0 Å². The lowest BCUT2D eigenvalue weighted by Crippen LogP contribution is -2.49. The molecule has 1 heterocycles. The second-order valence-corrected chi connectivity index (χ2v) is 22.5. The van der Waals surface area contributed by atoms with Crippen LogP contribution in [0.2, 0.25) is 38.3 Å². The maximum absolute atomic E-state index is 11.4. The Bertz CT molecular complexity index is 233. The molecule has 1 aliphatic rings. The average Bonchev–Trinajstić information content (AvgIpc) is 2.19. The minimum atomic E-state index is -0.990. The molecule has 88 valence electrons. The Morgan fingerprint density at radius 2 is 1.67 bits per heavy atom. The zero-order valence-electron chi connectivity index (χ0n) is 10.7. The Morgan fingerprint density at radius 3 is 2.07 bits per heavy atom. The number of ether oxygens (including phenoxy) is 1. The lowest BCUT2D eigenvalue weighted by Gasteiger charge is -2.30. The molecule has 0 spiro atoms. The fraction of sp³-hybridized carbons (Fsp3) is 0.909. The van der Waals surface area contributed by atoms with Crippen molar-refractivity contribution in [3.05, 3.63) is 0 Å². The number of rotatable bonds is 3. The molecule has 1 fully saturated rings. The van der Waals surface area contributed by atoms with Gasteiger partial charge in [-0.2, -0.15) is 0 Å². The SMILES string of the molecule is CCOC(=O)CC1C[Si](C)(C)[Si](C)(C)C1. The second kappa shape index (κ2) is 4.41. The van der Waals surface area contributed by atoms with E-state index in [-0.39, 0.29) is 5.97 Å². The Balaban J connectivity index is 2.52. The van der Waals surface area contributed by atoms with Gasteiger partial charge in [-0.25, -0.2) is 0 Å². The van der Waals surface area contributed by atoms with Crippen molar-refractivity contribution in [3.63, 3.8) is 0 Å². The predicted octanol–water partition coefficient (Wildman–Crippen LogP) is 3.06. The number of esters is 1. The third kappa shape index (κ3) is 2.94. The van der Waals surface area contributed by atoms with Crippen LogP contribution in [-0.4, -0.2) is 27.8 Å². The standard InChI is InChI=1S/C11H24O2Si2/c1-6-13-11(12)7-10-8-14(2,3)15(4,5)9-10/h10H,6-9H2,1-5H3. The van der Waals surface area contributed by atoms with Gasteiger partial charge in [-0.3, -0.25) is 4.79 Å². The van der Waals surface area contributed by atoms with Crippen LogP contribution < -0.4 is 0 Å². The van der Waals surface area contributed by atoms with E-state index in [0.29, 0.717) is 18.9 Å². The van der Waals surface area contributed by atoms with Crippen molar-refractivity contribution in [1.82, 2.24) is 0 Å². The molecule has 0 atom stereocenters. The number of hydrogen-bond acceptors (Lipinski definition) is 2. The number of hydrogen-bond donors (Lipinski definition) is 0. The second-order valence-electron chi connectivity index (χ2n) is 6.05. The quantitative estimate of drug-likeness (QED) is 0.563. The highest BCUT2D eigenvalue weighted by Gasteiger charge is 2.49. The van der Waals surface area contributed by atoms with Gasteiger partial charge in [0.15, 0.2) is 0 Å². The third-order valence-electron chi connectivity index (χ3n) is 4.19. The van der Waals surface area contributed by atoms with Gasteiger partial charge >= 0.3 is 5.97 Å². The first-order valence-corrected chi connectivity index (χ1v) is 13.4. The van der Waals surface area contributed by atoms with Gasteiger partial charge in [0.1, 0.15) is 0 Å². The van der Waals surface area contributed by atoms with E-state index in [1.165, 1.54) is 12.1 Å². The monoisotopic (exact) mass is 244 g/mol. The summed E-state index contributed by atoms with van der Waals surface area (Å²) < 4.78 is 5.03. The maximum atomic E-state index is 11.4. The molecule has 0 saturated carbocycles. The molecule has 0 radical (unpaired) electrons. The molecule has 0 aliphatic carbocycles. The van der Waals surface area contributed by atoms with Gasteiger partial charge < -0.3 is 4.74 Å². The Labute approximate surface area is 95.2 Å². The van der Waals surface area contributed by atoms with Gasteiger partial charge in [0, 0.05) is 21.6 Å². The fourth-order valence-corrected chi connectivity index (χ4v) is 12.6. The summed E-state index contributed by atoms with van der Waals surface area (Å²) in [4.78, 5) is 11.4. The molecule has 0 unspecified atom stereocenters. The first kappa shape index (κ1) is 13.0. The summed E-state index contributed by atoms with van der Waals surface area (Å²) in [6.07, 6.45) is 0.667. The van der Waals surface area contributed by atoms with Gasteiger partial charge in [0.05, 0.1) is 6.61 Å². The van der Waals surface area contributed by atoms with Crippen molar-refractivity contribution < 1.29 is 9.53 Å². The number of carbonyl (C=O) groups excluding carboxylic acids is 1. The lowest BCUT2D eigenvalue weighted by atomic mass is 10.1. The van der Waals surface area contributed by atoms with E-state index < -0.39 is 15.2 Å². The van der Waals surface area contributed by atoms with E-state index in [1.54, 1.807) is 0 Å². The summed E-state index contributed by atoms with van der Waals surface area (Å²) in [5, 5.41) is 0. The predicted molar refractivity (Wildman–Crippen MR) is 69.3 cm³/mol. The van der Waals surface area contributed by atoms with Crippen LogP contribution in [0.4, 0.5) is 0 Å². The van der Waals surface area contributed by atoms with Crippen molar-refractivity contribution >= 4 is 21.2 Å². The largest absolute Gasteiger partial charge is 0.466 e. The zero-order valence-corrected chi connectivity index (χ0v) is 12.7. The third-order valence-corrected chi connectivity index (χ3v) is 23.3. The minimum Gasteiger partial charge on any atom is -0.466 e. The Hall–Kier alpha value is -0.0962. The molecule has 0 aromatic carbocycles. The Kier molecular flexibility index (Phi) is 3.82. The molecule has 2 nitrogen and oxygen atoms in total. The van der Waals surface area contributed by atoms with Gasteiger partial charge in [-0.15, -0.1) is 0 Å². The van der Waals surface area contributed by atoms with E-state index in [0.717, 1.165) is 0 Å². The van der Waals surface area contributed by atoms with Gasteiger partial charge in [-0.1, -0.05) is 38.3 Å². The van der Waals surface area contributed by atoms with Crippen LogP contribution in [0.15, 0.2) is 0 Å². The van der Waals surface area contributed by atoms with Gasteiger partial charge in [0.2, 0.25) is 0 Å². The molecule has 1 rings (SSSR count). The molecule has 0 aromatic rings. The molecule has 0 aromatic heterocycles. The highest BCUT2D eigenvalue weighted by atomic mass is 29.3. The summed E-state index contributed by atoms with van der Waals surface area (Å²) >= 11 is 0. The van der Waals surface area contributed by atoms with Gasteiger partial charge in [0.25, 0.3) is 0 Å². The molecule has 1 saturated heterocycles. The summed E-state index contributed by atoms with van der Waals surface area (Å²) in [6, 6.07) is 2.68. The van der Waals surface area contributed by atoms with Crippen LogP contribution in [0.1, 0.15) is 13.3 Å². The molecular formula is C11H24O2Si2. The highest BCUT2D eigenvalue weighted by molar-refractivity contribution is 7.41. The number of carbonyl (C=O) groups is 1. The molecule has 1 aliphatic heterocycles. The minimum absolute atomic E-state index is 0.0130. The van der Waals surface area contributed by atoms with Crippen molar-refractivity contribution in [2.24, 2.45) is 5.92 Å². The summed E-state index contributed by atoms with van der Waals surface area (Å²) in [6.45, 7) is 12.4. The first-order chi connectivity index (χ1) is 6.78. The summed E-state index contributed by atoms with van der Waals surface area (Å²) in [5.74, 6) is 0.645. The average molecular weight is 244 g/mol. The van der Waals surface area contributed by atoms with Gasteiger partial charge in [-0.05, 0) is 12.8 Å². The van der Waals surface area contributed by atoms with E-state index in [2.05, 4.69) is 26.2 Å². The molecule has 0 bridgehead atoms. The molecular weight excluding hydrogens is 220 g/mol. The maximum Gasteiger partial charge on any atom is 0.306 e. The van der Waals surface area contributed by atoms with Crippen molar-refractivity contribution in [2.75, 3.05) is 6.61 Å². The van der Waals surface area contributed by atoms with E-state index in [4.69, 9.17) is 4.74 Å². The fourth-order valence-electron chi connectivity index (χ4n) is 2.67. The summed E-state index contributed by atoms with van der Waals surface area (Å²) in [5.41, 5.74) is 0. The van der Waals surface area contributed by atoms with Crippen molar-refractivity contribution in [1.29, 1.82) is 0 Å². The zero-order chi connectivity index (χ0) is 11.7. The van der Waals surface area contributed by atoms with E-state index >= 15 is 0 Å². The van der Waals surface area contributed by atoms with Crippen LogP contribution in [0.3, 0.4) is 0 Å². The van der Waals surface area contributed by atoms with Crippen LogP contribution in [0, 0.1) is 5.92 Å². The van der Waals surface area contributed by atoms with Crippen molar-refractivity contribution in [3.8, 4) is 0 Å². The summed E-state index contributed by atoms with van der Waals surface area (Å²) in [7, 11) is -1.98. The van der Waals surface area contributed by atoms with Crippen LogP contribution in [0.5, 0.6) is 0 Å².